The highest BCUT2D eigenvalue weighted by molar-refractivity contribution is 5.95. The number of amides is 1. The minimum Gasteiger partial charge on any atom is -0.483 e. The summed E-state index contributed by atoms with van der Waals surface area (Å²) in [6.45, 7) is 5.54. The van der Waals surface area contributed by atoms with Crippen molar-refractivity contribution in [2.24, 2.45) is 0 Å². The van der Waals surface area contributed by atoms with Gasteiger partial charge >= 0.3 is 5.97 Å². The molecule has 2 aromatic rings. The van der Waals surface area contributed by atoms with Gasteiger partial charge < -0.3 is 24.8 Å². The third kappa shape index (κ3) is 8.44. The molecule has 1 saturated heterocycles. The third-order valence-electron chi connectivity index (χ3n) is 4.80. The summed E-state index contributed by atoms with van der Waals surface area (Å²) in [6, 6.07) is 6.44. The third-order valence-corrected chi connectivity index (χ3v) is 4.80. The van der Waals surface area contributed by atoms with Gasteiger partial charge in [-0.15, -0.1) is 0 Å². The second kappa shape index (κ2) is 13.2. The number of benzene rings is 1. The van der Waals surface area contributed by atoms with Gasteiger partial charge in [-0.1, -0.05) is 17.3 Å². The Morgan fingerprint density at radius 2 is 2.03 bits per heavy atom. The van der Waals surface area contributed by atoms with E-state index >= 15 is 0 Å². The molecule has 0 bridgehead atoms. The van der Waals surface area contributed by atoms with Crippen LogP contribution in [0.3, 0.4) is 0 Å². The molecule has 0 aliphatic carbocycles. The predicted molar refractivity (Wildman–Crippen MR) is 113 cm³/mol. The van der Waals surface area contributed by atoms with Gasteiger partial charge in [-0.05, 0) is 31.5 Å². The van der Waals surface area contributed by atoms with E-state index in [-0.39, 0.29) is 18.8 Å². The molecule has 1 fully saturated rings. The van der Waals surface area contributed by atoms with Crippen molar-refractivity contribution >= 4 is 18.3 Å². The highest BCUT2D eigenvalue weighted by Crippen LogP contribution is 2.17. The minimum atomic E-state index is -0.933. The maximum absolute atomic E-state index is 12.7. The highest BCUT2D eigenvalue weighted by Gasteiger charge is 2.19. The number of aryl methyl sites for hydroxylation is 1. The molecule has 1 amide bonds. The molecule has 1 aromatic carbocycles. The van der Waals surface area contributed by atoms with Crippen LogP contribution in [0.1, 0.15) is 35.5 Å². The number of carboxylic acid groups (broad SMARTS) is 2. The van der Waals surface area contributed by atoms with Gasteiger partial charge in [0.05, 0.1) is 19.6 Å². The van der Waals surface area contributed by atoms with Gasteiger partial charge in [0.15, 0.2) is 0 Å². The van der Waals surface area contributed by atoms with Crippen LogP contribution in [0.25, 0.3) is 11.4 Å². The smallest absolute Gasteiger partial charge is 0.305 e. The van der Waals surface area contributed by atoms with E-state index in [1.165, 1.54) is 0 Å². The van der Waals surface area contributed by atoms with E-state index in [0.717, 1.165) is 39.3 Å². The van der Waals surface area contributed by atoms with Crippen LogP contribution in [0.2, 0.25) is 0 Å². The monoisotopic (exact) mass is 448 g/mol. The Labute approximate surface area is 185 Å². The Kier molecular flexibility index (Phi) is 10.3. The Bertz CT molecular complexity index is 881. The van der Waals surface area contributed by atoms with E-state index in [0.29, 0.717) is 29.3 Å². The lowest BCUT2D eigenvalue weighted by Gasteiger charge is -2.27. The number of carbonyl (C=O) groups excluding carboxylic acids is 1. The molecule has 0 spiro atoms. The Morgan fingerprint density at radius 1 is 1.31 bits per heavy atom. The number of hydrogen-bond donors (Lipinski definition) is 3. The molecule has 11 heteroatoms. The van der Waals surface area contributed by atoms with Crippen molar-refractivity contribution in [3.05, 3.63) is 35.7 Å². The van der Waals surface area contributed by atoms with Crippen molar-refractivity contribution < 1.29 is 33.9 Å². The van der Waals surface area contributed by atoms with Crippen molar-refractivity contribution in [2.75, 3.05) is 32.8 Å². The summed E-state index contributed by atoms with van der Waals surface area (Å²) in [5, 5.41) is 22.8. The molecule has 0 saturated carbocycles. The fourth-order valence-electron chi connectivity index (χ4n) is 3.31. The zero-order chi connectivity index (χ0) is 23.3. The number of ether oxygens (including phenoxy) is 1. The predicted octanol–water partition coefficient (Wildman–Crippen LogP) is 1.43. The summed E-state index contributed by atoms with van der Waals surface area (Å²) in [7, 11) is 0. The number of rotatable bonds is 9. The zero-order valence-electron chi connectivity index (χ0n) is 17.9. The molecule has 3 N–H and O–H groups in total. The quantitative estimate of drug-likeness (QED) is 0.480. The van der Waals surface area contributed by atoms with Crippen molar-refractivity contribution in [1.29, 1.82) is 0 Å². The fraction of sp³-hybridized carbons (Fsp3) is 0.476. The van der Waals surface area contributed by atoms with Gasteiger partial charge in [-0.25, -0.2) is 0 Å². The molecule has 1 atom stereocenters. The van der Waals surface area contributed by atoms with E-state index in [4.69, 9.17) is 19.2 Å². The van der Waals surface area contributed by atoms with Gasteiger partial charge in [0.2, 0.25) is 11.7 Å². The second-order valence-corrected chi connectivity index (χ2v) is 7.19. The van der Waals surface area contributed by atoms with Crippen LogP contribution >= 0.6 is 0 Å². The summed E-state index contributed by atoms with van der Waals surface area (Å²) in [5.41, 5.74) is 1.09. The molecule has 1 aromatic heterocycles. The number of morpholine rings is 1. The first-order valence-corrected chi connectivity index (χ1v) is 10.2. The summed E-state index contributed by atoms with van der Waals surface area (Å²) in [6.07, 6.45) is 1.29. The van der Waals surface area contributed by atoms with E-state index in [2.05, 4.69) is 20.4 Å². The lowest BCUT2D eigenvalue weighted by atomic mass is 10.1. The van der Waals surface area contributed by atoms with E-state index in [1.54, 1.807) is 31.2 Å². The minimum absolute atomic E-state index is 0.113. The van der Waals surface area contributed by atoms with Crippen LogP contribution < -0.4 is 5.32 Å². The SMILES string of the molecule is Cc1nc(-c2cccc(C(=O)NC(CCCN3CCOCC3)CC(=O)O)c2)no1.O=CO. The number of aliphatic carboxylic acids is 1. The first-order valence-electron chi connectivity index (χ1n) is 10.2. The van der Waals surface area contributed by atoms with Crippen LogP contribution in [-0.4, -0.2) is 82.5 Å². The number of carbonyl (C=O) groups is 3. The summed E-state index contributed by atoms with van der Waals surface area (Å²) >= 11 is 0. The second-order valence-electron chi connectivity index (χ2n) is 7.19. The molecule has 32 heavy (non-hydrogen) atoms. The molecule has 0 radical (unpaired) electrons. The molecular weight excluding hydrogens is 420 g/mol. The average molecular weight is 448 g/mol. The standard InChI is InChI=1S/C20H26N4O5.CH2O2/c1-14-21-19(23-29-14)15-4-2-5-16(12-15)20(27)22-17(13-18(25)26)6-3-7-24-8-10-28-11-9-24;2-1-3/h2,4-5,12,17H,3,6-11,13H2,1H3,(H,22,27)(H,25,26);1H,(H,2,3). The fourth-order valence-corrected chi connectivity index (χ4v) is 3.31. The Balaban J connectivity index is 0.00000114. The van der Waals surface area contributed by atoms with Gasteiger partial charge in [-0.2, -0.15) is 4.98 Å². The molecule has 2 heterocycles. The molecule has 3 rings (SSSR count). The molecule has 11 nitrogen and oxygen atoms in total. The maximum Gasteiger partial charge on any atom is 0.305 e. The average Bonchev–Trinajstić information content (AvgIpc) is 3.21. The number of nitrogens with zero attached hydrogens (tertiary/aromatic N) is 3. The van der Waals surface area contributed by atoms with Crippen molar-refractivity contribution in [3.63, 3.8) is 0 Å². The van der Waals surface area contributed by atoms with Gasteiger partial charge in [-0.3, -0.25) is 19.3 Å². The number of hydrogen-bond acceptors (Lipinski definition) is 8. The lowest BCUT2D eigenvalue weighted by Crippen LogP contribution is -2.39. The lowest BCUT2D eigenvalue weighted by molar-refractivity contribution is -0.137. The van der Waals surface area contributed by atoms with Crippen molar-refractivity contribution in [3.8, 4) is 11.4 Å². The van der Waals surface area contributed by atoms with E-state index in [1.807, 2.05) is 0 Å². The molecule has 1 aliphatic heterocycles. The highest BCUT2D eigenvalue weighted by atomic mass is 16.5. The van der Waals surface area contributed by atoms with Crippen LogP contribution in [0, 0.1) is 6.92 Å². The molecule has 1 aliphatic rings. The van der Waals surface area contributed by atoms with Crippen molar-refractivity contribution in [2.45, 2.75) is 32.2 Å². The summed E-state index contributed by atoms with van der Waals surface area (Å²) < 4.78 is 10.3. The summed E-state index contributed by atoms with van der Waals surface area (Å²) in [5.74, 6) is -0.399. The van der Waals surface area contributed by atoms with Crippen LogP contribution in [0.4, 0.5) is 0 Å². The van der Waals surface area contributed by atoms with Gasteiger partial charge in [0, 0.05) is 37.2 Å². The van der Waals surface area contributed by atoms with E-state index in [9.17, 15) is 14.7 Å². The van der Waals surface area contributed by atoms with Crippen LogP contribution in [-0.2, 0) is 14.3 Å². The number of aromatic nitrogens is 2. The number of nitrogens with one attached hydrogen (secondary N) is 1. The van der Waals surface area contributed by atoms with Gasteiger partial charge in [0.1, 0.15) is 0 Å². The Hall–Kier alpha value is -3.31. The van der Waals surface area contributed by atoms with Crippen LogP contribution in [0.15, 0.2) is 28.8 Å². The number of carboxylic acids is 1. The topological polar surface area (TPSA) is 155 Å². The van der Waals surface area contributed by atoms with E-state index < -0.39 is 12.0 Å². The normalized spacial score (nSPS) is 14.7. The zero-order valence-corrected chi connectivity index (χ0v) is 17.9. The Morgan fingerprint density at radius 3 is 2.66 bits per heavy atom. The van der Waals surface area contributed by atoms with Crippen molar-refractivity contribution in [1.82, 2.24) is 20.4 Å². The molecular formula is C21H28N4O7. The summed E-state index contributed by atoms with van der Waals surface area (Å²) in [4.78, 5) is 38.7. The first-order chi connectivity index (χ1) is 15.4. The maximum atomic E-state index is 12.7. The molecule has 1 unspecified atom stereocenters. The van der Waals surface area contributed by atoms with Crippen LogP contribution in [0.5, 0.6) is 0 Å². The first kappa shape index (κ1) is 25.0. The largest absolute Gasteiger partial charge is 0.483 e. The van der Waals surface area contributed by atoms with Gasteiger partial charge in [0.25, 0.3) is 12.4 Å². The molecule has 174 valence electrons.